The Labute approximate surface area is 101 Å². The molecule has 0 fully saturated rings. The number of hydrogen-bond donors (Lipinski definition) is 1. The molecule has 0 unspecified atom stereocenters. The van der Waals surface area contributed by atoms with E-state index in [1.807, 2.05) is 0 Å². The Balaban J connectivity index is 2.40. The highest BCUT2D eigenvalue weighted by molar-refractivity contribution is 7.99. The van der Waals surface area contributed by atoms with Crippen LogP contribution >= 0.6 is 11.8 Å². The summed E-state index contributed by atoms with van der Waals surface area (Å²) >= 11 is 1.01. The van der Waals surface area contributed by atoms with Crippen LogP contribution in [0.5, 0.6) is 0 Å². The smallest absolute Gasteiger partial charge is 0.339 e. The normalized spacial score (nSPS) is 10.2. The molecule has 1 aromatic heterocycles. The van der Waals surface area contributed by atoms with Crippen LogP contribution < -0.4 is 0 Å². The first-order valence-corrected chi connectivity index (χ1v) is 5.47. The van der Waals surface area contributed by atoms with Gasteiger partial charge in [0, 0.05) is 17.3 Å². The minimum absolute atomic E-state index is 0.281. The summed E-state index contributed by atoms with van der Waals surface area (Å²) < 4.78 is 13.4. The number of rotatable bonds is 3. The van der Waals surface area contributed by atoms with Gasteiger partial charge < -0.3 is 5.11 Å². The highest BCUT2D eigenvalue weighted by Crippen LogP contribution is 2.29. The average Bonchev–Trinajstić information content (AvgIpc) is 2.30. The molecule has 86 valence electrons. The summed E-state index contributed by atoms with van der Waals surface area (Å²) in [6, 6.07) is 5.73. The lowest BCUT2D eigenvalue weighted by Gasteiger charge is -2.04. The number of carboxylic acid groups (broad SMARTS) is 1. The minimum atomic E-state index is -1.30. The van der Waals surface area contributed by atoms with E-state index in [2.05, 4.69) is 9.97 Å². The van der Waals surface area contributed by atoms with Gasteiger partial charge in [0.1, 0.15) is 11.4 Å². The fraction of sp³-hybridized carbons (Fsp3) is 0. The first-order valence-electron chi connectivity index (χ1n) is 4.65. The van der Waals surface area contributed by atoms with Crippen molar-refractivity contribution in [2.45, 2.75) is 10.1 Å². The van der Waals surface area contributed by atoms with Crippen molar-refractivity contribution in [3.8, 4) is 0 Å². The standard InChI is InChI=1S/C11H7FN2O2S/c12-7-3-1-4-8(9(7)10(15)16)17-11-13-5-2-6-14-11/h1-6H,(H,15,16). The molecule has 0 bridgehead atoms. The predicted octanol–water partition coefficient (Wildman–Crippen LogP) is 2.47. The Hall–Kier alpha value is -1.95. The zero-order chi connectivity index (χ0) is 12.3. The minimum Gasteiger partial charge on any atom is -0.478 e. The van der Waals surface area contributed by atoms with Gasteiger partial charge in [0.2, 0.25) is 0 Å². The van der Waals surface area contributed by atoms with E-state index in [0.29, 0.717) is 5.16 Å². The fourth-order valence-corrected chi connectivity index (χ4v) is 2.09. The molecule has 0 aliphatic heterocycles. The van der Waals surface area contributed by atoms with Crippen LogP contribution in [0.25, 0.3) is 0 Å². The maximum atomic E-state index is 13.4. The number of benzene rings is 1. The summed E-state index contributed by atoms with van der Waals surface area (Å²) in [6.07, 6.45) is 3.07. The van der Waals surface area contributed by atoms with E-state index in [0.717, 1.165) is 17.8 Å². The lowest BCUT2D eigenvalue weighted by molar-refractivity contribution is 0.0688. The van der Waals surface area contributed by atoms with E-state index in [4.69, 9.17) is 5.11 Å². The summed E-state index contributed by atoms with van der Waals surface area (Å²) in [5, 5.41) is 9.31. The molecule has 0 saturated carbocycles. The molecular weight excluding hydrogens is 243 g/mol. The van der Waals surface area contributed by atoms with Crippen molar-refractivity contribution in [2.24, 2.45) is 0 Å². The van der Waals surface area contributed by atoms with Crippen LogP contribution in [-0.4, -0.2) is 21.0 Å². The first-order chi connectivity index (χ1) is 8.18. The van der Waals surface area contributed by atoms with Crippen LogP contribution in [0.4, 0.5) is 4.39 Å². The molecule has 0 amide bonds. The second kappa shape index (κ2) is 4.92. The second-order valence-electron chi connectivity index (χ2n) is 3.05. The maximum absolute atomic E-state index is 13.4. The molecule has 0 saturated heterocycles. The monoisotopic (exact) mass is 250 g/mol. The zero-order valence-electron chi connectivity index (χ0n) is 8.50. The van der Waals surface area contributed by atoms with Crippen LogP contribution in [0.1, 0.15) is 10.4 Å². The second-order valence-corrected chi connectivity index (χ2v) is 4.06. The molecule has 0 radical (unpaired) electrons. The molecule has 0 spiro atoms. The number of halogens is 1. The Morgan fingerprint density at radius 1 is 1.24 bits per heavy atom. The van der Waals surface area contributed by atoms with Gasteiger partial charge in [-0.05, 0) is 30.0 Å². The summed E-state index contributed by atoms with van der Waals surface area (Å²) in [5.74, 6) is -2.07. The lowest BCUT2D eigenvalue weighted by Crippen LogP contribution is -2.02. The van der Waals surface area contributed by atoms with Crippen molar-refractivity contribution in [3.63, 3.8) is 0 Å². The number of hydrogen-bond acceptors (Lipinski definition) is 4. The lowest BCUT2D eigenvalue weighted by atomic mass is 10.2. The van der Waals surface area contributed by atoms with E-state index < -0.39 is 11.8 Å². The van der Waals surface area contributed by atoms with Gasteiger partial charge in [-0.15, -0.1) is 0 Å². The molecule has 0 atom stereocenters. The molecule has 0 aliphatic carbocycles. The molecule has 1 aromatic carbocycles. The third kappa shape index (κ3) is 2.59. The molecule has 0 aliphatic rings. The molecule has 2 aromatic rings. The van der Waals surface area contributed by atoms with Gasteiger partial charge in [-0.25, -0.2) is 19.2 Å². The van der Waals surface area contributed by atoms with Gasteiger partial charge in [-0.1, -0.05) is 6.07 Å². The van der Waals surface area contributed by atoms with Crippen molar-refractivity contribution >= 4 is 17.7 Å². The Bertz CT molecular complexity index is 548. The van der Waals surface area contributed by atoms with Gasteiger partial charge in [0.25, 0.3) is 0 Å². The fourth-order valence-electron chi connectivity index (χ4n) is 1.23. The van der Waals surface area contributed by atoms with Crippen molar-refractivity contribution in [2.75, 3.05) is 0 Å². The SMILES string of the molecule is O=C(O)c1c(F)cccc1Sc1ncccn1. The number of nitrogens with zero attached hydrogens (tertiary/aromatic N) is 2. The van der Waals surface area contributed by atoms with E-state index in [9.17, 15) is 9.18 Å². The van der Waals surface area contributed by atoms with E-state index in [1.54, 1.807) is 6.07 Å². The summed E-state index contributed by atoms with van der Waals surface area (Å²) in [6.45, 7) is 0. The largest absolute Gasteiger partial charge is 0.478 e. The summed E-state index contributed by atoms with van der Waals surface area (Å²) in [4.78, 5) is 19.1. The van der Waals surface area contributed by atoms with E-state index >= 15 is 0 Å². The quantitative estimate of drug-likeness (QED) is 0.848. The van der Waals surface area contributed by atoms with Gasteiger partial charge in [-0.2, -0.15) is 0 Å². The van der Waals surface area contributed by atoms with Crippen LogP contribution in [0, 0.1) is 5.82 Å². The third-order valence-electron chi connectivity index (χ3n) is 1.93. The number of carbonyl (C=O) groups is 1. The highest BCUT2D eigenvalue weighted by atomic mass is 32.2. The number of aromatic carboxylic acids is 1. The molecule has 1 heterocycles. The first kappa shape index (κ1) is 11.5. The van der Waals surface area contributed by atoms with Gasteiger partial charge >= 0.3 is 5.97 Å². The van der Waals surface area contributed by atoms with Crippen molar-refractivity contribution < 1.29 is 14.3 Å². The molecular formula is C11H7FN2O2S. The van der Waals surface area contributed by atoms with Crippen LogP contribution in [0.2, 0.25) is 0 Å². The van der Waals surface area contributed by atoms with Crippen molar-refractivity contribution in [3.05, 3.63) is 48.0 Å². The third-order valence-corrected chi connectivity index (χ3v) is 2.89. The maximum Gasteiger partial charge on any atom is 0.339 e. The van der Waals surface area contributed by atoms with Crippen LogP contribution in [0.3, 0.4) is 0 Å². The molecule has 6 heteroatoms. The highest BCUT2D eigenvalue weighted by Gasteiger charge is 2.16. The predicted molar refractivity (Wildman–Crippen MR) is 59.5 cm³/mol. The Kier molecular flexibility index (Phi) is 3.34. The Morgan fingerprint density at radius 3 is 2.59 bits per heavy atom. The van der Waals surface area contributed by atoms with Crippen molar-refractivity contribution in [1.82, 2.24) is 9.97 Å². The number of aromatic nitrogens is 2. The molecule has 1 N–H and O–H groups in total. The van der Waals surface area contributed by atoms with Gasteiger partial charge in [-0.3, -0.25) is 0 Å². The van der Waals surface area contributed by atoms with Crippen molar-refractivity contribution in [1.29, 1.82) is 0 Å². The van der Waals surface area contributed by atoms with E-state index in [1.165, 1.54) is 24.5 Å². The topological polar surface area (TPSA) is 63.1 Å². The van der Waals surface area contributed by atoms with Crippen LogP contribution in [0.15, 0.2) is 46.7 Å². The molecule has 2 rings (SSSR count). The zero-order valence-corrected chi connectivity index (χ0v) is 9.32. The molecule has 17 heavy (non-hydrogen) atoms. The van der Waals surface area contributed by atoms with Crippen LogP contribution in [-0.2, 0) is 0 Å². The summed E-state index contributed by atoms with van der Waals surface area (Å²) in [7, 11) is 0. The van der Waals surface area contributed by atoms with E-state index in [-0.39, 0.29) is 10.5 Å². The van der Waals surface area contributed by atoms with Gasteiger partial charge in [0.05, 0.1) is 0 Å². The molecule has 4 nitrogen and oxygen atoms in total. The van der Waals surface area contributed by atoms with Gasteiger partial charge in [0.15, 0.2) is 5.16 Å². The average molecular weight is 250 g/mol. The Morgan fingerprint density at radius 2 is 1.94 bits per heavy atom. The summed E-state index contributed by atoms with van der Waals surface area (Å²) in [5.41, 5.74) is -0.357. The number of carboxylic acids is 1.